The van der Waals surface area contributed by atoms with Gasteiger partial charge >= 0.3 is 0 Å². The highest BCUT2D eigenvalue weighted by Crippen LogP contribution is 2.59. The van der Waals surface area contributed by atoms with Crippen LogP contribution in [0.5, 0.6) is 0 Å². The maximum atomic E-state index is 5.11. The first-order chi connectivity index (χ1) is 14.6. The van der Waals surface area contributed by atoms with Gasteiger partial charge in [0.15, 0.2) is 0 Å². The lowest BCUT2D eigenvalue weighted by Gasteiger charge is -2.57. The lowest BCUT2D eigenvalue weighted by molar-refractivity contribution is -0.0114. The molecule has 3 aliphatic carbocycles. The number of benzene rings is 1. The monoisotopic (exact) mass is 404 g/mol. The molecule has 1 aromatic heterocycles. The van der Waals surface area contributed by atoms with Crippen LogP contribution in [0.4, 0.5) is 0 Å². The molecule has 4 heteroatoms. The summed E-state index contributed by atoms with van der Waals surface area (Å²) in [6, 6.07) is 9.37. The number of nitrogens with one attached hydrogen (secondary N) is 1. The van der Waals surface area contributed by atoms with Gasteiger partial charge in [0.1, 0.15) is 5.82 Å². The molecule has 7 rings (SSSR count). The van der Waals surface area contributed by atoms with Gasteiger partial charge in [0, 0.05) is 38.1 Å². The largest absolute Gasteiger partial charge is 0.324 e. The summed E-state index contributed by atoms with van der Waals surface area (Å²) in [7, 11) is 0. The number of piperidine rings is 1. The standard InChI is InChI=1S/C26H36N4/c1-26(2)20-8-7-19(22(26)15-20)17-29-13-10-21(11-14-29)30-24-6-4-3-5-23(24)28-25(30)18-9-12-27-16-18/h3-7,18,20-22,27H,8-17H2,1-2H3/t18-,20+,22?/m1/s1. The molecule has 1 unspecified atom stereocenters. The van der Waals surface area contributed by atoms with Gasteiger partial charge in [-0.05, 0) is 68.0 Å². The van der Waals surface area contributed by atoms with Gasteiger partial charge in [0.2, 0.25) is 0 Å². The first kappa shape index (κ1) is 19.1. The van der Waals surface area contributed by atoms with Crippen molar-refractivity contribution in [3.05, 3.63) is 41.7 Å². The molecule has 0 radical (unpaired) electrons. The van der Waals surface area contributed by atoms with Gasteiger partial charge in [0.05, 0.1) is 11.0 Å². The van der Waals surface area contributed by atoms with Crippen LogP contribution in [0.3, 0.4) is 0 Å². The smallest absolute Gasteiger partial charge is 0.114 e. The summed E-state index contributed by atoms with van der Waals surface area (Å²) in [6.45, 7) is 10.8. The summed E-state index contributed by atoms with van der Waals surface area (Å²) in [5, 5.41) is 3.54. The number of likely N-dealkylation sites (tertiary alicyclic amines) is 1. The molecule has 1 N–H and O–H groups in total. The molecule has 3 atom stereocenters. The van der Waals surface area contributed by atoms with Crippen molar-refractivity contribution in [1.82, 2.24) is 19.8 Å². The van der Waals surface area contributed by atoms with E-state index in [1.165, 1.54) is 68.6 Å². The normalized spacial score (nSPS) is 31.7. The van der Waals surface area contributed by atoms with Crippen LogP contribution in [-0.2, 0) is 0 Å². The summed E-state index contributed by atoms with van der Waals surface area (Å²) in [6.07, 6.45) is 9.05. The van der Waals surface area contributed by atoms with E-state index in [1.807, 2.05) is 0 Å². The van der Waals surface area contributed by atoms with E-state index in [2.05, 4.69) is 59.0 Å². The van der Waals surface area contributed by atoms with Gasteiger partial charge in [-0.25, -0.2) is 4.98 Å². The lowest BCUT2D eigenvalue weighted by atomic mass is 9.49. The van der Waals surface area contributed by atoms with Crippen LogP contribution in [0, 0.1) is 17.3 Å². The van der Waals surface area contributed by atoms with Crippen molar-refractivity contribution in [2.75, 3.05) is 32.7 Å². The highest BCUT2D eigenvalue weighted by atomic mass is 15.2. The number of hydrogen-bond donors (Lipinski definition) is 1. The Morgan fingerprint density at radius 3 is 2.70 bits per heavy atom. The second kappa shape index (κ2) is 7.20. The van der Waals surface area contributed by atoms with Crippen molar-refractivity contribution in [2.24, 2.45) is 17.3 Å². The van der Waals surface area contributed by atoms with Crippen molar-refractivity contribution in [3.8, 4) is 0 Å². The maximum absolute atomic E-state index is 5.11. The summed E-state index contributed by atoms with van der Waals surface area (Å²) in [5.41, 5.74) is 4.81. The molecule has 4 nitrogen and oxygen atoms in total. The van der Waals surface area contributed by atoms with Crippen LogP contribution in [0.25, 0.3) is 11.0 Å². The van der Waals surface area contributed by atoms with E-state index in [-0.39, 0.29) is 0 Å². The Balaban J connectivity index is 1.19. The molecule has 0 spiro atoms. The van der Waals surface area contributed by atoms with Gasteiger partial charge in [-0.1, -0.05) is 37.6 Å². The summed E-state index contributed by atoms with van der Waals surface area (Å²) in [4.78, 5) is 7.84. The third kappa shape index (κ3) is 2.98. The van der Waals surface area contributed by atoms with Gasteiger partial charge in [-0.15, -0.1) is 0 Å². The van der Waals surface area contributed by atoms with Crippen molar-refractivity contribution in [1.29, 1.82) is 0 Å². The van der Waals surface area contributed by atoms with E-state index >= 15 is 0 Å². The van der Waals surface area contributed by atoms with E-state index in [0.717, 1.165) is 24.9 Å². The fourth-order valence-corrected chi connectivity index (χ4v) is 6.86. The Morgan fingerprint density at radius 2 is 1.97 bits per heavy atom. The van der Waals surface area contributed by atoms with Crippen LogP contribution < -0.4 is 5.32 Å². The van der Waals surface area contributed by atoms with Crippen LogP contribution in [0.1, 0.15) is 63.7 Å². The molecular weight excluding hydrogens is 368 g/mol. The molecule has 160 valence electrons. The number of fused-ring (bicyclic) bond motifs is 2. The topological polar surface area (TPSA) is 33.1 Å². The molecule has 30 heavy (non-hydrogen) atoms. The molecule has 0 amide bonds. The van der Waals surface area contributed by atoms with E-state index in [4.69, 9.17) is 4.98 Å². The minimum Gasteiger partial charge on any atom is -0.324 e. The number of allylic oxidation sites excluding steroid dienone is 1. The fraction of sp³-hybridized carbons (Fsp3) is 0.654. The Morgan fingerprint density at radius 1 is 1.13 bits per heavy atom. The molecule has 2 aromatic rings. The van der Waals surface area contributed by atoms with Gasteiger partial charge in [-0.3, -0.25) is 4.90 Å². The Kier molecular flexibility index (Phi) is 4.58. The fourth-order valence-electron chi connectivity index (χ4n) is 6.86. The van der Waals surface area contributed by atoms with E-state index in [0.29, 0.717) is 17.4 Å². The predicted molar refractivity (Wildman–Crippen MR) is 123 cm³/mol. The average molecular weight is 405 g/mol. The van der Waals surface area contributed by atoms with Crippen molar-refractivity contribution in [3.63, 3.8) is 0 Å². The first-order valence-electron chi connectivity index (χ1n) is 12.2. The molecular formula is C26H36N4. The second-order valence-corrected chi connectivity index (χ2v) is 10.8. The second-order valence-electron chi connectivity index (χ2n) is 10.8. The van der Waals surface area contributed by atoms with Crippen LogP contribution in [-0.4, -0.2) is 47.2 Å². The number of para-hydroxylation sites is 2. The summed E-state index contributed by atoms with van der Waals surface area (Å²) < 4.78 is 2.63. The van der Waals surface area contributed by atoms with Gasteiger partial charge in [0.25, 0.3) is 0 Å². The minimum absolute atomic E-state index is 0.544. The predicted octanol–water partition coefficient (Wildman–Crippen LogP) is 4.74. The molecule has 2 aliphatic heterocycles. The van der Waals surface area contributed by atoms with Crippen molar-refractivity contribution >= 4 is 11.0 Å². The Hall–Kier alpha value is -1.65. The van der Waals surface area contributed by atoms with Crippen molar-refractivity contribution in [2.45, 2.75) is 57.9 Å². The van der Waals surface area contributed by atoms with E-state index < -0.39 is 0 Å². The van der Waals surface area contributed by atoms with Crippen LogP contribution >= 0.6 is 0 Å². The SMILES string of the molecule is CC1(C)C2C[C@@H]1CC=C2CN1CCC(n2c([C@@H]3CCNC3)nc3ccccc32)CC1. The summed E-state index contributed by atoms with van der Waals surface area (Å²) in [5.74, 6) is 3.68. The minimum atomic E-state index is 0.544. The molecule has 1 aromatic carbocycles. The number of rotatable bonds is 4. The zero-order chi connectivity index (χ0) is 20.3. The highest BCUT2D eigenvalue weighted by Gasteiger charge is 2.51. The molecule has 3 heterocycles. The molecule has 3 fully saturated rings. The molecule has 5 aliphatic rings. The quantitative estimate of drug-likeness (QED) is 0.747. The first-order valence-corrected chi connectivity index (χ1v) is 12.2. The van der Waals surface area contributed by atoms with Crippen LogP contribution in [0.2, 0.25) is 0 Å². The van der Waals surface area contributed by atoms with Gasteiger partial charge in [-0.2, -0.15) is 0 Å². The highest BCUT2D eigenvalue weighted by molar-refractivity contribution is 5.76. The number of hydrogen-bond acceptors (Lipinski definition) is 3. The molecule has 1 saturated carbocycles. The number of aromatic nitrogens is 2. The number of nitrogens with zero attached hydrogens (tertiary/aromatic N) is 3. The third-order valence-electron chi connectivity index (χ3n) is 8.96. The summed E-state index contributed by atoms with van der Waals surface area (Å²) >= 11 is 0. The Bertz CT molecular complexity index is 957. The number of imidazole rings is 1. The van der Waals surface area contributed by atoms with Crippen LogP contribution in [0.15, 0.2) is 35.9 Å². The molecule has 2 saturated heterocycles. The van der Waals surface area contributed by atoms with Gasteiger partial charge < -0.3 is 9.88 Å². The van der Waals surface area contributed by atoms with E-state index in [9.17, 15) is 0 Å². The zero-order valence-corrected chi connectivity index (χ0v) is 18.6. The van der Waals surface area contributed by atoms with E-state index in [1.54, 1.807) is 5.57 Å². The maximum Gasteiger partial charge on any atom is 0.114 e. The average Bonchev–Trinajstić information content (AvgIpc) is 3.42. The van der Waals surface area contributed by atoms with Crippen molar-refractivity contribution < 1.29 is 0 Å². The lowest BCUT2D eigenvalue weighted by Crippen LogP contribution is -2.50. The third-order valence-corrected chi connectivity index (χ3v) is 8.96. The Labute approximate surface area is 180 Å². The zero-order valence-electron chi connectivity index (χ0n) is 18.6. The molecule has 2 bridgehead atoms.